The zero-order valence-electron chi connectivity index (χ0n) is 10.9. The first kappa shape index (κ1) is 13.1. The molecule has 0 saturated carbocycles. The van der Waals surface area contributed by atoms with Gasteiger partial charge in [0.2, 0.25) is 0 Å². The number of rotatable bonds is 3. The minimum atomic E-state index is -0.989. The molecule has 1 unspecified atom stereocenters. The maximum absolute atomic E-state index is 2.99. The fourth-order valence-corrected chi connectivity index (χ4v) is 16.9. The average Bonchev–Trinajstić information content (AvgIpc) is 2.28. The Morgan fingerprint density at radius 1 is 1.14 bits per heavy atom. The molecule has 0 spiro atoms. The van der Waals surface area contributed by atoms with E-state index < -0.39 is 16.5 Å². The van der Waals surface area contributed by atoms with Crippen molar-refractivity contribution in [1.82, 2.24) is 4.23 Å². The monoisotopic (exact) mass is 221 g/mol. The van der Waals surface area contributed by atoms with Crippen LogP contribution >= 0.6 is 0 Å². The van der Waals surface area contributed by atoms with Gasteiger partial charge in [-0.1, -0.05) is 0 Å². The first-order valence-corrected chi connectivity index (χ1v) is 12.4. The van der Waals surface area contributed by atoms with Gasteiger partial charge < -0.3 is 0 Å². The van der Waals surface area contributed by atoms with Gasteiger partial charge >= 0.3 is 101 Å². The molecule has 0 aromatic heterocycles. The van der Waals surface area contributed by atoms with Gasteiger partial charge in [-0.2, -0.15) is 0 Å². The summed E-state index contributed by atoms with van der Waals surface area (Å²) in [4.78, 5) is 0. The molecule has 1 saturated heterocycles. The van der Waals surface area contributed by atoms with Gasteiger partial charge in [0.1, 0.15) is 0 Å². The van der Waals surface area contributed by atoms with E-state index in [9.17, 15) is 0 Å². The van der Waals surface area contributed by atoms with E-state index in [2.05, 4.69) is 55.1 Å². The van der Waals surface area contributed by atoms with Crippen LogP contribution in [0.4, 0.5) is 0 Å². The van der Waals surface area contributed by atoms with Crippen molar-refractivity contribution in [3.63, 3.8) is 0 Å². The summed E-state index contributed by atoms with van der Waals surface area (Å²) in [5, 5.41) is 1.34. The van der Waals surface area contributed by atoms with E-state index in [1.54, 1.807) is 12.1 Å². The minimum absolute atomic E-state index is 0.895. The third kappa shape index (κ3) is 2.77. The van der Waals surface area contributed by atoms with E-state index in [1.165, 1.54) is 11.6 Å². The van der Waals surface area contributed by atoms with E-state index in [0.717, 1.165) is 5.92 Å². The topological polar surface area (TPSA) is 3.24 Å². The molecule has 14 heavy (non-hydrogen) atoms. The normalized spacial score (nSPS) is 27.9. The third-order valence-electron chi connectivity index (χ3n) is 4.00. The standard InChI is InChI=1S/C10H24NSi2.Li/c1-10(2)9-11-12(3,4)7-8-13(11,5)6;/h10H,1,7-9H2,2-6H3;. The Balaban J connectivity index is 2.71. The molecule has 1 heterocycles. The summed E-state index contributed by atoms with van der Waals surface area (Å²) in [6.07, 6.45) is 0. The number of hydrogen-bond donors (Lipinski definition) is 0. The van der Waals surface area contributed by atoms with Crippen molar-refractivity contribution >= 4 is 34.2 Å². The molecule has 1 aliphatic heterocycles. The molecule has 0 amide bonds. The zero-order chi connectivity index (χ0) is 11.0. The molecule has 1 aliphatic rings. The third-order valence-corrected chi connectivity index (χ3v) is 14.4. The molecule has 0 N–H and O–H groups in total. The first-order valence-electron chi connectivity index (χ1n) is 6.07. The summed E-state index contributed by atoms with van der Waals surface area (Å²) >= 11 is 2.32. The summed E-state index contributed by atoms with van der Waals surface area (Å²) in [5.74, 6) is 0.895. The van der Waals surface area contributed by atoms with Crippen LogP contribution < -0.4 is 0 Å². The van der Waals surface area contributed by atoms with E-state index in [-0.39, 0.29) is 0 Å². The molecule has 0 aromatic rings. The SMILES string of the molecule is [Li][CH2]C(C)CN1[Si](C)(C)CC[Si]1(C)C. The van der Waals surface area contributed by atoms with E-state index in [0.29, 0.717) is 0 Å². The fraction of sp³-hybridized carbons (Fsp3) is 1.00. The van der Waals surface area contributed by atoms with E-state index in [4.69, 9.17) is 0 Å². The van der Waals surface area contributed by atoms with Gasteiger partial charge in [-0.3, -0.25) is 0 Å². The Morgan fingerprint density at radius 2 is 1.57 bits per heavy atom. The summed E-state index contributed by atoms with van der Waals surface area (Å²) < 4.78 is 2.99. The molecule has 1 atom stereocenters. The van der Waals surface area contributed by atoms with E-state index in [1.807, 2.05) is 0 Å². The van der Waals surface area contributed by atoms with Crippen LogP contribution in [0, 0.1) is 5.92 Å². The molecule has 1 fully saturated rings. The Kier molecular flexibility index (Phi) is 4.17. The summed E-state index contributed by atoms with van der Waals surface area (Å²) in [6, 6.07) is 3.09. The molecule has 0 aromatic carbocycles. The van der Waals surface area contributed by atoms with E-state index >= 15 is 0 Å². The second-order valence-corrected chi connectivity index (χ2v) is 16.0. The van der Waals surface area contributed by atoms with Crippen molar-refractivity contribution < 1.29 is 0 Å². The van der Waals surface area contributed by atoms with Gasteiger partial charge in [-0.15, -0.1) is 0 Å². The molecule has 0 radical (unpaired) electrons. The van der Waals surface area contributed by atoms with Crippen molar-refractivity contribution in [3.05, 3.63) is 0 Å². The molecule has 0 bridgehead atoms. The Morgan fingerprint density at radius 3 is 1.93 bits per heavy atom. The molecule has 1 rings (SSSR count). The summed E-state index contributed by atoms with van der Waals surface area (Å²) in [5.41, 5.74) is 0. The van der Waals surface area contributed by atoms with Gasteiger partial charge in [0.25, 0.3) is 0 Å². The predicted molar refractivity (Wildman–Crippen MR) is 71.0 cm³/mol. The zero-order valence-corrected chi connectivity index (χ0v) is 12.9. The quantitative estimate of drug-likeness (QED) is 0.662. The average molecular weight is 221 g/mol. The summed E-state index contributed by atoms with van der Waals surface area (Å²) in [6.45, 7) is 14.1. The number of nitrogens with zero attached hydrogens (tertiary/aromatic N) is 1. The van der Waals surface area contributed by atoms with Crippen molar-refractivity contribution in [3.8, 4) is 0 Å². The Bertz CT molecular complexity index is 190. The van der Waals surface area contributed by atoms with Crippen LogP contribution in [0.5, 0.6) is 0 Å². The Hall–Kier alpha value is 0.991. The molecular weight excluding hydrogens is 197 g/mol. The summed E-state index contributed by atoms with van der Waals surface area (Å²) in [7, 11) is -1.98. The van der Waals surface area contributed by atoms with Gasteiger partial charge in [0.05, 0.1) is 0 Å². The van der Waals surface area contributed by atoms with Crippen molar-refractivity contribution in [2.75, 3.05) is 6.54 Å². The van der Waals surface area contributed by atoms with Crippen LogP contribution in [0.2, 0.25) is 43.4 Å². The molecule has 1 nitrogen and oxygen atoms in total. The fourth-order valence-electron chi connectivity index (χ4n) is 2.64. The molecule has 4 heteroatoms. The second-order valence-electron chi connectivity index (χ2n) is 6.25. The second kappa shape index (κ2) is 4.47. The van der Waals surface area contributed by atoms with Crippen LogP contribution in [-0.2, 0) is 0 Å². The molecule has 78 valence electrons. The molecule has 0 aliphatic carbocycles. The Labute approximate surface area is 101 Å². The van der Waals surface area contributed by atoms with Crippen molar-refractivity contribution in [2.24, 2.45) is 5.92 Å². The van der Waals surface area contributed by atoms with Crippen LogP contribution in [0.1, 0.15) is 6.92 Å². The van der Waals surface area contributed by atoms with Gasteiger partial charge in [-0.25, -0.2) is 0 Å². The van der Waals surface area contributed by atoms with Gasteiger partial charge in [0.15, 0.2) is 0 Å². The van der Waals surface area contributed by atoms with Crippen molar-refractivity contribution in [1.29, 1.82) is 0 Å². The van der Waals surface area contributed by atoms with Gasteiger partial charge in [-0.05, 0) is 0 Å². The van der Waals surface area contributed by atoms with Crippen LogP contribution in [0.3, 0.4) is 0 Å². The van der Waals surface area contributed by atoms with Crippen LogP contribution in [-0.4, -0.2) is 45.0 Å². The predicted octanol–water partition coefficient (Wildman–Crippen LogP) is 2.94. The van der Waals surface area contributed by atoms with Gasteiger partial charge in [0, 0.05) is 0 Å². The maximum atomic E-state index is 2.99. The first-order chi connectivity index (χ1) is 6.29. The molecular formula is C10H24LiNSi2. The van der Waals surface area contributed by atoms with Crippen LogP contribution in [0.25, 0.3) is 0 Å². The van der Waals surface area contributed by atoms with Crippen molar-refractivity contribution in [2.45, 2.75) is 50.3 Å². The number of hydrogen-bond acceptors (Lipinski definition) is 1. The van der Waals surface area contributed by atoms with Crippen LogP contribution in [0.15, 0.2) is 0 Å².